The van der Waals surface area contributed by atoms with Gasteiger partial charge in [-0.1, -0.05) is 0 Å². The van der Waals surface area contributed by atoms with Crippen LogP contribution >= 0.6 is 0 Å². The van der Waals surface area contributed by atoms with Gasteiger partial charge in [0.25, 0.3) is 0 Å². The number of rotatable bonds is 1. The second-order valence-corrected chi connectivity index (χ2v) is 3.96. The monoisotopic (exact) mass is 256 g/mol. The van der Waals surface area contributed by atoms with Crippen LogP contribution in [0.3, 0.4) is 0 Å². The molecule has 1 aromatic carbocycles. The van der Waals surface area contributed by atoms with Gasteiger partial charge in [-0.3, -0.25) is 0 Å². The number of nitro benzene ring substituents is 1. The number of hydrogen-bond acceptors (Lipinski definition) is 2. The van der Waals surface area contributed by atoms with Gasteiger partial charge < -0.3 is 0 Å². The van der Waals surface area contributed by atoms with E-state index in [0.29, 0.717) is 0 Å². The van der Waals surface area contributed by atoms with E-state index >= 15 is 0 Å². The Bertz CT molecular complexity index is 278. The van der Waals surface area contributed by atoms with E-state index in [1.165, 1.54) is 22.5 Å². The molecule has 0 N–H and O–H groups in total. The second-order valence-electron chi connectivity index (χ2n) is 2.31. The first-order valence-corrected chi connectivity index (χ1v) is 4.50. The van der Waals surface area contributed by atoms with E-state index < -0.39 is 0 Å². The molecule has 0 saturated heterocycles. The van der Waals surface area contributed by atoms with Gasteiger partial charge in [0.15, 0.2) is 0 Å². The molecule has 3 nitrogen and oxygen atoms in total. The summed E-state index contributed by atoms with van der Waals surface area (Å²) in [5.41, 5.74) is 1.14. The Morgan fingerprint density at radius 2 is 2.09 bits per heavy atom. The molecule has 0 aliphatic rings. The van der Waals surface area contributed by atoms with E-state index in [9.17, 15) is 10.1 Å². The summed E-state index contributed by atoms with van der Waals surface area (Å²) in [6.07, 6.45) is 0. The van der Waals surface area contributed by atoms with Crippen LogP contribution in [0, 0.1) is 17.0 Å². The van der Waals surface area contributed by atoms with E-state index in [4.69, 9.17) is 0 Å². The molecule has 0 bridgehead atoms. The van der Waals surface area contributed by atoms with Crippen molar-refractivity contribution >= 4 is 31.8 Å². The molecule has 0 heterocycles. The van der Waals surface area contributed by atoms with E-state index in [1.54, 1.807) is 12.1 Å². The minimum absolute atomic E-state index is 0.191. The molecule has 11 heavy (non-hydrogen) atoms. The standard InChI is InChI=1S/C7H6NO2.Sn/c1-6-3-2-4-7(5-6)8(9)10;/h3-5H,1H3;. The van der Waals surface area contributed by atoms with Gasteiger partial charge in [-0.2, -0.15) is 0 Å². The summed E-state index contributed by atoms with van der Waals surface area (Å²) >= 11 is 1.21. The Hall–Kier alpha value is -0.581. The molecule has 3 radical (unpaired) electrons. The fraction of sp³-hybridized carbons (Fsp3) is 0.143. The third-order valence-corrected chi connectivity index (χ3v) is 2.10. The zero-order valence-electron chi connectivity index (χ0n) is 6.00. The minimum atomic E-state index is -0.361. The molecule has 1 aromatic rings. The average molecular weight is 255 g/mol. The molecule has 0 aromatic heterocycles. The first kappa shape index (κ1) is 8.51. The first-order chi connectivity index (χ1) is 5.09. The van der Waals surface area contributed by atoms with Crippen molar-refractivity contribution in [2.24, 2.45) is 0 Å². The van der Waals surface area contributed by atoms with E-state index in [-0.39, 0.29) is 10.6 Å². The van der Waals surface area contributed by atoms with E-state index in [1.807, 2.05) is 13.0 Å². The Morgan fingerprint density at radius 1 is 1.45 bits per heavy atom. The molecule has 0 atom stereocenters. The molecule has 0 aliphatic carbocycles. The maximum atomic E-state index is 10.3. The fourth-order valence-corrected chi connectivity index (χ4v) is 1.94. The molecular weight excluding hydrogens is 249 g/mol. The zero-order chi connectivity index (χ0) is 8.43. The summed E-state index contributed by atoms with van der Waals surface area (Å²) in [7, 11) is 0. The Labute approximate surface area is 77.7 Å². The van der Waals surface area contributed by atoms with Gasteiger partial charge in [0.1, 0.15) is 0 Å². The number of hydrogen-bond donors (Lipinski definition) is 0. The summed E-state index contributed by atoms with van der Waals surface area (Å²) in [4.78, 5) is 9.96. The Morgan fingerprint density at radius 3 is 2.55 bits per heavy atom. The van der Waals surface area contributed by atoms with Crippen LogP contribution in [0.4, 0.5) is 5.69 Å². The number of non-ortho nitro benzene ring substituents is 1. The number of aryl methyl sites for hydroxylation is 1. The third-order valence-electron chi connectivity index (χ3n) is 1.27. The summed E-state index contributed by atoms with van der Waals surface area (Å²) in [6, 6.07) is 5.13. The molecule has 4 heteroatoms. The fourth-order valence-electron chi connectivity index (χ4n) is 0.868. The Balaban J connectivity index is 3.19. The number of nitrogens with zero attached hydrogens (tertiary/aromatic N) is 1. The number of nitro groups is 1. The number of benzene rings is 1. The van der Waals surface area contributed by atoms with Crippen molar-refractivity contribution in [1.29, 1.82) is 0 Å². The van der Waals surface area contributed by atoms with Crippen LogP contribution in [-0.4, -0.2) is 27.4 Å². The molecule has 0 unspecified atom stereocenters. The van der Waals surface area contributed by atoms with E-state index in [0.717, 1.165) is 9.14 Å². The molecule has 55 valence electrons. The predicted octanol–water partition coefficient (Wildman–Crippen LogP) is 0.697. The SMILES string of the molecule is Cc1c[c]([Sn])cc([N+](=O)[O-])c1. The van der Waals surface area contributed by atoms with Gasteiger partial charge in [0.2, 0.25) is 0 Å². The van der Waals surface area contributed by atoms with Crippen molar-refractivity contribution in [3.63, 3.8) is 0 Å². The van der Waals surface area contributed by atoms with Crippen molar-refractivity contribution in [1.82, 2.24) is 0 Å². The normalized spacial score (nSPS) is 9.64. The first-order valence-electron chi connectivity index (χ1n) is 3.07. The van der Waals surface area contributed by atoms with Crippen LogP contribution in [-0.2, 0) is 0 Å². The molecule has 0 amide bonds. The quantitative estimate of drug-likeness (QED) is 0.421. The van der Waals surface area contributed by atoms with Crippen LogP contribution < -0.4 is 3.58 Å². The van der Waals surface area contributed by atoms with Crippen molar-refractivity contribution in [2.75, 3.05) is 0 Å². The topological polar surface area (TPSA) is 43.1 Å². The van der Waals surface area contributed by atoms with Crippen molar-refractivity contribution in [3.05, 3.63) is 33.9 Å². The van der Waals surface area contributed by atoms with Crippen LogP contribution in [0.1, 0.15) is 5.56 Å². The van der Waals surface area contributed by atoms with Gasteiger partial charge >= 0.3 is 77.5 Å². The van der Waals surface area contributed by atoms with Gasteiger partial charge in [-0.05, 0) is 0 Å². The predicted molar refractivity (Wildman–Crippen MR) is 43.2 cm³/mol. The summed E-state index contributed by atoms with van der Waals surface area (Å²) in [6.45, 7) is 1.86. The second kappa shape index (κ2) is 3.21. The van der Waals surface area contributed by atoms with Crippen LogP contribution in [0.25, 0.3) is 0 Å². The van der Waals surface area contributed by atoms with Gasteiger partial charge in [0, 0.05) is 0 Å². The van der Waals surface area contributed by atoms with Crippen molar-refractivity contribution < 1.29 is 4.92 Å². The Kier molecular flexibility index (Phi) is 2.49. The summed E-state index contributed by atoms with van der Waals surface area (Å²) in [5.74, 6) is 0. The van der Waals surface area contributed by atoms with Crippen LogP contribution in [0.2, 0.25) is 0 Å². The van der Waals surface area contributed by atoms with Gasteiger partial charge in [-0.15, -0.1) is 0 Å². The zero-order valence-corrected chi connectivity index (χ0v) is 8.85. The molecular formula is C7H6NO2Sn. The van der Waals surface area contributed by atoms with Gasteiger partial charge in [-0.25, -0.2) is 0 Å². The molecule has 0 spiro atoms. The molecule has 0 saturated carbocycles. The van der Waals surface area contributed by atoms with Crippen molar-refractivity contribution in [2.45, 2.75) is 6.92 Å². The summed E-state index contributed by atoms with van der Waals surface area (Å²) in [5, 5.41) is 10.3. The molecule has 1 rings (SSSR count). The van der Waals surface area contributed by atoms with E-state index in [2.05, 4.69) is 0 Å². The van der Waals surface area contributed by atoms with Crippen LogP contribution in [0.5, 0.6) is 0 Å². The van der Waals surface area contributed by atoms with Gasteiger partial charge in [0.05, 0.1) is 0 Å². The third kappa shape index (κ3) is 2.18. The van der Waals surface area contributed by atoms with Crippen molar-refractivity contribution in [3.8, 4) is 0 Å². The maximum absolute atomic E-state index is 10.3. The summed E-state index contributed by atoms with van der Waals surface area (Å²) < 4.78 is 1.02. The molecule has 0 aliphatic heterocycles. The average Bonchev–Trinajstić information content (AvgIpc) is 1.85. The molecule has 0 fully saturated rings. The van der Waals surface area contributed by atoms with Crippen LogP contribution in [0.15, 0.2) is 18.2 Å².